The minimum Gasteiger partial charge on any atom is -0.496 e. The molecule has 2 aromatic carbocycles. The molecule has 1 aliphatic carbocycles. The van der Waals surface area contributed by atoms with Gasteiger partial charge in [0.25, 0.3) is 0 Å². The summed E-state index contributed by atoms with van der Waals surface area (Å²) < 4.78 is 5.38. The molecule has 0 radical (unpaired) electrons. The van der Waals surface area contributed by atoms with Crippen molar-refractivity contribution in [3.05, 3.63) is 65.2 Å². The van der Waals surface area contributed by atoms with E-state index in [-0.39, 0.29) is 5.91 Å². The van der Waals surface area contributed by atoms with Gasteiger partial charge in [-0.3, -0.25) is 9.69 Å². The molecule has 0 spiro atoms. The number of carbonyl (C=O) groups is 1. The Morgan fingerprint density at radius 1 is 1.12 bits per heavy atom. The topological polar surface area (TPSA) is 32.8 Å². The molecule has 132 valence electrons. The smallest absolute Gasteiger partial charge is 0.236 e. The van der Waals surface area contributed by atoms with Crippen LogP contribution in [0.1, 0.15) is 29.2 Å². The van der Waals surface area contributed by atoms with Gasteiger partial charge in [-0.05, 0) is 37.1 Å². The fourth-order valence-corrected chi connectivity index (χ4v) is 3.61. The lowest BCUT2D eigenvalue weighted by Crippen LogP contribution is -2.37. The van der Waals surface area contributed by atoms with Crippen molar-refractivity contribution in [1.29, 1.82) is 0 Å². The van der Waals surface area contributed by atoms with Crippen LogP contribution in [0.3, 0.4) is 0 Å². The van der Waals surface area contributed by atoms with Crippen molar-refractivity contribution in [3.8, 4) is 5.75 Å². The maximum Gasteiger partial charge on any atom is 0.236 e. The van der Waals surface area contributed by atoms with Crippen molar-refractivity contribution in [2.75, 3.05) is 27.7 Å². The first-order valence-corrected chi connectivity index (χ1v) is 8.74. The molecule has 1 aliphatic rings. The fraction of sp³-hybridized carbons (Fsp3) is 0.381. The third-order valence-corrected chi connectivity index (χ3v) is 5.04. The summed E-state index contributed by atoms with van der Waals surface area (Å²) in [6, 6.07) is 16.7. The van der Waals surface area contributed by atoms with Crippen LogP contribution < -0.4 is 4.74 Å². The highest BCUT2D eigenvalue weighted by atomic mass is 16.5. The van der Waals surface area contributed by atoms with E-state index in [9.17, 15) is 4.79 Å². The van der Waals surface area contributed by atoms with Crippen LogP contribution in [0, 0.1) is 0 Å². The van der Waals surface area contributed by atoms with Gasteiger partial charge in [0.1, 0.15) is 5.75 Å². The van der Waals surface area contributed by atoms with Gasteiger partial charge in [-0.15, -0.1) is 0 Å². The molecule has 1 unspecified atom stereocenters. The first-order chi connectivity index (χ1) is 12.1. The van der Waals surface area contributed by atoms with E-state index in [1.54, 1.807) is 12.0 Å². The van der Waals surface area contributed by atoms with Gasteiger partial charge in [0, 0.05) is 25.2 Å². The number of hydrogen-bond donors (Lipinski definition) is 0. The molecule has 4 nitrogen and oxygen atoms in total. The maximum absolute atomic E-state index is 12.7. The van der Waals surface area contributed by atoms with Gasteiger partial charge in [-0.25, -0.2) is 0 Å². The number of nitrogens with zero attached hydrogens (tertiary/aromatic N) is 2. The second-order valence-corrected chi connectivity index (χ2v) is 6.73. The van der Waals surface area contributed by atoms with E-state index in [1.807, 2.05) is 38.4 Å². The molecule has 2 aromatic rings. The van der Waals surface area contributed by atoms with E-state index in [0.29, 0.717) is 19.1 Å². The highest BCUT2D eigenvalue weighted by Crippen LogP contribution is 2.34. The van der Waals surface area contributed by atoms with Gasteiger partial charge < -0.3 is 9.64 Å². The molecule has 1 atom stereocenters. The third-order valence-electron chi connectivity index (χ3n) is 5.04. The summed E-state index contributed by atoms with van der Waals surface area (Å²) in [7, 11) is 5.55. The maximum atomic E-state index is 12.7. The van der Waals surface area contributed by atoms with Gasteiger partial charge in [0.15, 0.2) is 0 Å². The van der Waals surface area contributed by atoms with Gasteiger partial charge in [0.05, 0.1) is 13.7 Å². The summed E-state index contributed by atoms with van der Waals surface area (Å²) in [6.45, 7) is 0.975. The molecule has 0 bridgehead atoms. The van der Waals surface area contributed by atoms with Gasteiger partial charge in [-0.2, -0.15) is 0 Å². The van der Waals surface area contributed by atoms with E-state index >= 15 is 0 Å². The quantitative estimate of drug-likeness (QED) is 0.810. The highest BCUT2D eigenvalue weighted by Gasteiger charge is 2.27. The summed E-state index contributed by atoms with van der Waals surface area (Å²) >= 11 is 0. The lowest BCUT2D eigenvalue weighted by molar-refractivity contribution is -0.131. The van der Waals surface area contributed by atoms with E-state index in [4.69, 9.17) is 4.74 Å². The molecular weight excluding hydrogens is 312 g/mol. The Hall–Kier alpha value is -2.33. The minimum atomic E-state index is 0.123. The van der Waals surface area contributed by atoms with Crippen molar-refractivity contribution >= 4 is 5.91 Å². The molecule has 25 heavy (non-hydrogen) atoms. The summed E-state index contributed by atoms with van der Waals surface area (Å²) in [4.78, 5) is 16.6. The van der Waals surface area contributed by atoms with Crippen molar-refractivity contribution in [3.63, 3.8) is 0 Å². The molecule has 0 saturated heterocycles. The number of methoxy groups -OCH3 is 1. The van der Waals surface area contributed by atoms with Crippen LogP contribution in [0.25, 0.3) is 0 Å². The molecule has 0 saturated carbocycles. The van der Waals surface area contributed by atoms with Gasteiger partial charge >= 0.3 is 0 Å². The lowest BCUT2D eigenvalue weighted by Gasteiger charge is -2.27. The molecule has 0 heterocycles. The first kappa shape index (κ1) is 17.5. The van der Waals surface area contributed by atoms with Crippen LogP contribution in [0.4, 0.5) is 0 Å². The number of carbonyl (C=O) groups excluding carboxylic acids is 1. The van der Waals surface area contributed by atoms with E-state index in [1.165, 1.54) is 11.1 Å². The molecule has 0 aromatic heterocycles. The number of ether oxygens (including phenoxy) is 1. The predicted octanol–water partition coefficient (Wildman–Crippen LogP) is 3.27. The summed E-state index contributed by atoms with van der Waals surface area (Å²) in [6.07, 6.45) is 2.18. The van der Waals surface area contributed by atoms with Crippen LogP contribution in [0.15, 0.2) is 48.5 Å². The number of aryl methyl sites for hydroxylation is 1. The Balaban J connectivity index is 1.62. The molecule has 3 rings (SSSR count). The zero-order chi connectivity index (χ0) is 17.8. The second kappa shape index (κ2) is 7.70. The lowest BCUT2D eigenvalue weighted by atomic mass is 10.1. The van der Waals surface area contributed by atoms with Crippen LogP contribution >= 0.6 is 0 Å². The zero-order valence-electron chi connectivity index (χ0n) is 15.2. The molecule has 0 N–H and O–H groups in total. The average molecular weight is 338 g/mol. The van der Waals surface area contributed by atoms with Crippen LogP contribution in [-0.2, 0) is 17.8 Å². The molecular formula is C21H26N2O2. The van der Waals surface area contributed by atoms with E-state index in [2.05, 4.69) is 29.2 Å². The largest absolute Gasteiger partial charge is 0.496 e. The molecule has 0 fully saturated rings. The van der Waals surface area contributed by atoms with Gasteiger partial charge in [-0.1, -0.05) is 42.5 Å². The minimum absolute atomic E-state index is 0.123. The molecule has 1 amide bonds. The Kier molecular flexibility index (Phi) is 5.39. The van der Waals surface area contributed by atoms with Crippen molar-refractivity contribution in [2.24, 2.45) is 0 Å². The summed E-state index contributed by atoms with van der Waals surface area (Å²) in [5.74, 6) is 0.943. The zero-order valence-corrected chi connectivity index (χ0v) is 15.2. The Labute approximate surface area is 150 Å². The highest BCUT2D eigenvalue weighted by molar-refractivity contribution is 5.78. The van der Waals surface area contributed by atoms with Crippen molar-refractivity contribution in [1.82, 2.24) is 9.80 Å². The number of amides is 1. The third kappa shape index (κ3) is 3.85. The fourth-order valence-electron chi connectivity index (χ4n) is 3.61. The number of para-hydroxylation sites is 1. The van der Waals surface area contributed by atoms with E-state index < -0.39 is 0 Å². The summed E-state index contributed by atoms with van der Waals surface area (Å²) in [5, 5.41) is 0. The van der Waals surface area contributed by atoms with Crippen LogP contribution in [0.5, 0.6) is 5.75 Å². The Morgan fingerprint density at radius 2 is 1.84 bits per heavy atom. The van der Waals surface area contributed by atoms with Crippen LogP contribution in [-0.4, -0.2) is 43.5 Å². The van der Waals surface area contributed by atoms with Gasteiger partial charge in [0.2, 0.25) is 5.91 Å². The monoisotopic (exact) mass is 338 g/mol. The Morgan fingerprint density at radius 3 is 2.64 bits per heavy atom. The SMILES string of the molecule is COc1ccccc1CN(C)C(=O)CN(C)C1CCc2ccccc21. The number of fused-ring (bicyclic) bond motifs is 1. The number of likely N-dealkylation sites (N-methyl/N-ethyl adjacent to an activating group) is 2. The van der Waals surface area contributed by atoms with E-state index in [0.717, 1.165) is 24.2 Å². The first-order valence-electron chi connectivity index (χ1n) is 8.74. The predicted molar refractivity (Wildman–Crippen MR) is 99.6 cm³/mol. The molecule has 4 heteroatoms. The standard InChI is InChI=1S/C21H26N2O2/c1-22(19-13-12-16-8-4-6-10-18(16)19)15-21(24)23(2)14-17-9-5-7-11-20(17)25-3/h4-11,19H,12-15H2,1-3H3. The number of rotatable bonds is 6. The molecule has 0 aliphatic heterocycles. The number of benzene rings is 2. The Bertz CT molecular complexity index is 744. The second-order valence-electron chi connectivity index (χ2n) is 6.73. The normalized spacial score (nSPS) is 15.9. The average Bonchev–Trinajstić information content (AvgIpc) is 3.06. The van der Waals surface area contributed by atoms with Crippen molar-refractivity contribution in [2.45, 2.75) is 25.4 Å². The number of hydrogen-bond acceptors (Lipinski definition) is 3. The summed E-state index contributed by atoms with van der Waals surface area (Å²) in [5.41, 5.74) is 3.80. The van der Waals surface area contributed by atoms with Crippen LogP contribution in [0.2, 0.25) is 0 Å². The van der Waals surface area contributed by atoms with Crippen molar-refractivity contribution < 1.29 is 9.53 Å².